The third-order valence-corrected chi connectivity index (χ3v) is 3.37. The summed E-state index contributed by atoms with van der Waals surface area (Å²) in [5, 5.41) is 9.90. The van der Waals surface area contributed by atoms with Crippen LogP contribution >= 0.6 is 0 Å². The van der Waals surface area contributed by atoms with Gasteiger partial charge in [0.25, 0.3) is 5.91 Å². The molecule has 0 saturated carbocycles. The first-order valence-electron chi connectivity index (χ1n) is 7.04. The van der Waals surface area contributed by atoms with Gasteiger partial charge >= 0.3 is 0 Å². The maximum atomic E-state index is 12.5. The third-order valence-electron chi connectivity index (χ3n) is 3.37. The molecule has 1 amide bonds. The van der Waals surface area contributed by atoms with E-state index in [4.69, 9.17) is 0 Å². The van der Waals surface area contributed by atoms with Gasteiger partial charge in [0, 0.05) is 6.21 Å². The quantitative estimate of drug-likeness (QED) is 0.695. The van der Waals surface area contributed by atoms with Crippen LogP contribution in [-0.2, 0) is 4.79 Å². The molecule has 1 aliphatic heterocycles. The van der Waals surface area contributed by atoms with Crippen LogP contribution in [0.5, 0.6) is 0 Å². The normalized spacial score (nSPS) is 17.9. The second kappa shape index (κ2) is 6.22. The van der Waals surface area contributed by atoms with Crippen LogP contribution in [-0.4, -0.2) is 17.8 Å². The molecular formula is C17H16N4O. The van der Waals surface area contributed by atoms with Gasteiger partial charge in [0.15, 0.2) is 0 Å². The molecule has 0 aromatic heterocycles. The first-order chi connectivity index (χ1) is 10.8. The third kappa shape index (κ3) is 2.88. The summed E-state index contributed by atoms with van der Waals surface area (Å²) >= 11 is 0. The van der Waals surface area contributed by atoms with Gasteiger partial charge in [0.1, 0.15) is 5.92 Å². The summed E-state index contributed by atoms with van der Waals surface area (Å²) in [6.07, 6.45) is 1.59. The van der Waals surface area contributed by atoms with Gasteiger partial charge in [0.05, 0.1) is 17.1 Å². The molecule has 110 valence electrons. The Morgan fingerprint density at radius 3 is 2.41 bits per heavy atom. The first-order valence-corrected chi connectivity index (χ1v) is 7.04. The molecular weight excluding hydrogens is 276 g/mol. The molecule has 2 aromatic rings. The zero-order chi connectivity index (χ0) is 15.4. The SMILES string of the molecule is CC1=NN(c2ccccc2)C(=O)C1C=NNc1ccccc1. The van der Waals surface area contributed by atoms with Crippen molar-refractivity contribution in [2.24, 2.45) is 16.1 Å². The Bertz CT molecular complexity index is 710. The van der Waals surface area contributed by atoms with Crippen molar-refractivity contribution in [1.29, 1.82) is 0 Å². The van der Waals surface area contributed by atoms with Crippen molar-refractivity contribution in [2.75, 3.05) is 10.4 Å². The van der Waals surface area contributed by atoms with Crippen LogP contribution in [0.4, 0.5) is 11.4 Å². The number of benzene rings is 2. The number of hydrazone groups is 2. The Kier molecular flexibility index (Phi) is 3.96. The highest BCUT2D eigenvalue weighted by molar-refractivity contribution is 6.23. The Morgan fingerprint density at radius 1 is 1.09 bits per heavy atom. The average Bonchev–Trinajstić information content (AvgIpc) is 2.85. The monoisotopic (exact) mass is 292 g/mol. The van der Waals surface area contributed by atoms with E-state index in [9.17, 15) is 4.79 Å². The van der Waals surface area contributed by atoms with Crippen molar-refractivity contribution < 1.29 is 4.79 Å². The fourth-order valence-corrected chi connectivity index (χ4v) is 2.20. The number of para-hydroxylation sites is 2. The van der Waals surface area contributed by atoms with Crippen LogP contribution in [0.25, 0.3) is 0 Å². The van der Waals surface area contributed by atoms with Crippen molar-refractivity contribution in [3.63, 3.8) is 0 Å². The molecule has 1 unspecified atom stereocenters. The summed E-state index contributed by atoms with van der Waals surface area (Å²) in [4.78, 5) is 12.5. The lowest BCUT2D eigenvalue weighted by Gasteiger charge is -2.12. The average molecular weight is 292 g/mol. The molecule has 5 nitrogen and oxygen atoms in total. The number of carbonyl (C=O) groups excluding carboxylic acids is 1. The zero-order valence-electron chi connectivity index (χ0n) is 12.2. The molecule has 1 N–H and O–H groups in total. The molecule has 3 rings (SSSR count). The number of hydrogen-bond donors (Lipinski definition) is 1. The van der Waals surface area contributed by atoms with Crippen LogP contribution in [0.3, 0.4) is 0 Å². The molecule has 2 aromatic carbocycles. The van der Waals surface area contributed by atoms with Gasteiger partial charge in [-0.25, -0.2) is 0 Å². The second-order valence-electron chi connectivity index (χ2n) is 4.96. The van der Waals surface area contributed by atoms with E-state index in [-0.39, 0.29) is 5.91 Å². The highest BCUT2D eigenvalue weighted by Crippen LogP contribution is 2.22. The fraction of sp³-hybridized carbons (Fsp3) is 0.118. The van der Waals surface area contributed by atoms with E-state index in [1.54, 1.807) is 6.21 Å². The highest BCUT2D eigenvalue weighted by atomic mass is 16.2. The number of carbonyl (C=O) groups is 1. The molecule has 5 heteroatoms. The van der Waals surface area contributed by atoms with Gasteiger partial charge in [-0.2, -0.15) is 15.2 Å². The lowest BCUT2D eigenvalue weighted by Crippen LogP contribution is -2.28. The molecule has 0 aliphatic carbocycles. The minimum Gasteiger partial charge on any atom is -0.279 e. The van der Waals surface area contributed by atoms with Gasteiger partial charge < -0.3 is 0 Å². The predicted molar refractivity (Wildman–Crippen MR) is 89.1 cm³/mol. The Labute approximate surface area is 129 Å². The lowest BCUT2D eigenvalue weighted by atomic mass is 10.1. The molecule has 1 heterocycles. The van der Waals surface area contributed by atoms with Gasteiger partial charge in [-0.05, 0) is 31.2 Å². The van der Waals surface area contributed by atoms with E-state index in [0.717, 1.165) is 17.1 Å². The summed E-state index contributed by atoms with van der Waals surface area (Å²) in [5.74, 6) is -0.529. The molecule has 0 fully saturated rings. The number of rotatable bonds is 4. The predicted octanol–water partition coefficient (Wildman–Crippen LogP) is 3.12. The highest BCUT2D eigenvalue weighted by Gasteiger charge is 2.33. The smallest absolute Gasteiger partial charge is 0.261 e. The summed E-state index contributed by atoms with van der Waals surface area (Å²) in [5.41, 5.74) is 5.28. The molecule has 1 atom stereocenters. The number of amides is 1. The number of anilines is 2. The van der Waals surface area contributed by atoms with E-state index in [1.807, 2.05) is 67.6 Å². The largest absolute Gasteiger partial charge is 0.279 e. The summed E-state index contributed by atoms with van der Waals surface area (Å²) in [6.45, 7) is 1.83. The van der Waals surface area contributed by atoms with E-state index in [1.165, 1.54) is 5.01 Å². The number of nitrogens with zero attached hydrogens (tertiary/aromatic N) is 3. The Morgan fingerprint density at radius 2 is 1.73 bits per heavy atom. The second-order valence-corrected chi connectivity index (χ2v) is 4.96. The number of hydrogen-bond acceptors (Lipinski definition) is 4. The summed E-state index contributed by atoms with van der Waals surface area (Å²) in [6, 6.07) is 19.0. The standard InChI is InChI=1S/C17H16N4O/c1-13-16(12-18-19-14-8-4-2-5-9-14)17(22)21(20-13)15-10-6-3-7-11-15/h2-12,16,19H,1H3. The van der Waals surface area contributed by atoms with Crippen molar-refractivity contribution in [2.45, 2.75) is 6.92 Å². The Hall–Kier alpha value is -2.95. The maximum absolute atomic E-state index is 12.5. The molecule has 0 radical (unpaired) electrons. The van der Waals surface area contributed by atoms with Crippen LogP contribution < -0.4 is 10.4 Å². The summed E-state index contributed by atoms with van der Waals surface area (Å²) in [7, 11) is 0. The van der Waals surface area contributed by atoms with Crippen molar-refractivity contribution in [1.82, 2.24) is 0 Å². The van der Waals surface area contributed by atoms with E-state index in [2.05, 4.69) is 15.6 Å². The minimum absolute atomic E-state index is 0.0951. The lowest BCUT2D eigenvalue weighted by molar-refractivity contribution is -0.118. The molecule has 0 saturated heterocycles. The minimum atomic E-state index is -0.434. The molecule has 0 bridgehead atoms. The van der Waals surface area contributed by atoms with Crippen LogP contribution in [0.1, 0.15) is 6.92 Å². The fourth-order valence-electron chi connectivity index (χ4n) is 2.20. The van der Waals surface area contributed by atoms with Crippen molar-refractivity contribution >= 4 is 29.2 Å². The molecule has 22 heavy (non-hydrogen) atoms. The van der Waals surface area contributed by atoms with Gasteiger partial charge in [0.2, 0.25) is 0 Å². The van der Waals surface area contributed by atoms with Crippen LogP contribution in [0, 0.1) is 5.92 Å². The maximum Gasteiger partial charge on any atom is 0.261 e. The van der Waals surface area contributed by atoms with E-state index >= 15 is 0 Å². The topological polar surface area (TPSA) is 57.1 Å². The van der Waals surface area contributed by atoms with Crippen LogP contribution in [0.2, 0.25) is 0 Å². The number of nitrogens with one attached hydrogen (secondary N) is 1. The van der Waals surface area contributed by atoms with Gasteiger partial charge in [-0.3, -0.25) is 10.2 Å². The van der Waals surface area contributed by atoms with Gasteiger partial charge in [-0.15, -0.1) is 0 Å². The molecule has 1 aliphatic rings. The van der Waals surface area contributed by atoms with Crippen LogP contribution in [0.15, 0.2) is 70.9 Å². The van der Waals surface area contributed by atoms with Crippen molar-refractivity contribution in [3.05, 3.63) is 60.7 Å². The van der Waals surface area contributed by atoms with E-state index in [0.29, 0.717) is 0 Å². The Balaban J connectivity index is 1.71. The van der Waals surface area contributed by atoms with Gasteiger partial charge in [-0.1, -0.05) is 36.4 Å². The van der Waals surface area contributed by atoms with E-state index < -0.39 is 5.92 Å². The zero-order valence-corrected chi connectivity index (χ0v) is 12.2. The first kappa shape index (κ1) is 14.0. The van der Waals surface area contributed by atoms with Crippen molar-refractivity contribution in [3.8, 4) is 0 Å². The molecule has 0 spiro atoms. The summed E-state index contributed by atoms with van der Waals surface area (Å²) < 4.78 is 0.